The molecule has 5 nitrogen and oxygen atoms in total. The summed E-state index contributed by atoms with van der Waals surface area (Å²) in [5, 5.41) is 6.89. The summed E-state index contributed by atoms with van der Waals surface area (Å²) >= 11 is 0. The molecule has 0 fully saturated rings. The molecule has 0 spiro atoms. The van der Waals surface area contributed by atoms with E-state index in [2.05, 4.69) is 4.98 Å². The molecule has 0 bridgehead atoms. The van der Waals surface area contributed by atoms with E-state index in [1.807, 2.05) is 0 Å². The van der Waals surface area contributed by atoms with Crippen molar-refractivity contribution < 1.29 is 27.9 Å². The highest BCUT2D eigenvalue weighted by molar-refractivity contribution is 5.90. The Labute approximate surface area is 87.7 Å². The molecular weight excluding hydrogens is 229 g/mol. The van der Waals surface area contributed by atoms with E-state index >= 15 is 0 Å². The Hall–Kier alpha value is -2.12. The molecule has 1 aromatic rings. The minimum Gasteiger partial charge on any atom is -0.483 e. The Kier molecular flexibility index (Phi) is 4.93. The zero-order chi connectivity index (χ0) is 12.8. The van der Waals surface area contributed by atoms with E-state index in [1.165, 1.54) is 0 Å². The van der Waals surface area contributed by atoms with Gasteiger partial charge in [-0.1, -0.05) is 0 Å². The molecule has 1 heterocycles. The first-order valence-electron chi connectivity index (χ1n) is 3.73. The lowest BCUT2D eigenvalue weighted by molar-refractivity contribution is -0.137. The van der Waals surface area contributed by atoms with Gasteiger partial charge in [0.2, 0.25) is 0 Å². The zero-order valence-electron chi connectivity index (χ0n) is 7.73. The van der Waals surface area contributed by atoms with Crippen LogP contribution in [-0.2, 0) is 11.0 Å². The van der Waals surface area contributed by atoms with Gasteiger partial charge in [0.05, 0.1) is 5.56 Å². The summed E-state index contributed by atoms with van der Waals surface area (Å²) in [6.45, 7) is -0.250. The van der Waals surface area contributed by atoms with Gasteiger partial charge in [-0.3, -0.25) is 14.6 Å². The fourth-order valence-electron chi connectivity index (χ4n) is 0.742. The Morgan fingerprint density at radius 1 is 1.50 bits per heavy atom. The highest BCUT2D eigenvalue weighted by Gasteiger charge is 2.31. The number of primary amides is 1. The largest absolute Gasteiger partial charge is 0.483 e. The van der Waals surface area contributed by atoms with E-state index in [0.29, 0.717) is 6.07 Å². The average Bonchev–Trinajstić information content (AvgIpc) is 2.18. The lowest BCUT2D eigenvalue weighted by Gasteiger charge is -2.05. The summed E-state index contributed by atoms with van der Waals surface area (Å²) < 4.78 is 36.2. The number of rotatable bonds is 1. The Bertz CT molecular complexity index is 379. The van der Waals surface area contributed by atoms with Crippen LogP contribution in [0.4, 0.5) is 13.2 Å². The minimum atomic E-state index is -4.48. The van der Waals surface area contributed by atoms with Crippen LogP contribution in [0, 0.1) is 0 Å². The normalized spacial score (nSPS) is 9.94. The Balaban J connectivity index is 0.000000673. The lowest BCUT2D eigenvalue weighted by Crippen LogP contribution is -2.15. The quantitative estimate of drug-likeness (QED) is 0.708. The number of carbonyl (C=O) groups excluding carboxylic acids is 1. The highest BCUT2D eigenvalue weighted by atomic mass is 19.4. The SMILES string of the molecule is NC(=O)c1cc(C(F)(F)F)ccn1.O=CO. The number of halogens is 3. The molecule has 8 heteroatoms. The average molecular weight is 236 g/mol. The molecule has 0 unspecified atom stereocenters. The van der Waals surface area contributed by atoms with Gasteiger partial charge in [-0.15, -0.1) is 0 Å². The molecule has 0 radical (unpaired) electrons. The predicted octanol–water partition coefficient (Wildman–Crippen LogP) is 0.900. The first-order valence-corrected chi connectivity index (χ1v) is 3.73. The summed E-state index contributed by atoms with van der Waals surface area (Å²) in [5.41, 5.74) is 3.43. The molecule has 0 aliphatic rings. The third-order valence-corrected chi connectivity index (χ3v) is 1.34. The van der Waals surface area contributed by atoms with Gasteiger partial charge in [0.15, 0.2) is 0 Å². The van der Waals surface area contributed by atoms with Gasteiger partial charge in [-0.2, -0.15) is 13.2 Å². The number of nitrogens with two attached hydrogens (primary N) is 1. The van der Waals surface area contributed by atoms with Crippen LogP contribution in [0.15, 0.2) is 18.3 Å². The van der Waals surface area contributed by atoms with Crippen LogP contribution in [0.3, 0.4) is 0 Å². The van der Waals surface area contributed by atoms with Crippen LogP contribution >= 0.6 is 0 Å². The van der Waals surface area contributed by atoms with Gasteiger partial charge >= 0.3 is 6.18 Å². The number of carbonyl (C=O) groups is 2. The van der Waals surface area contributed by atoms with Gasteiger partial charge in [0.25, 0.3) is 12.4 Å². The first kappa shape index (κ1) is 13.9. The molecule has 1 aromatic heterocycles. The number of amides is 1. The predicted molar refractivity (Wildman–Crippen MR) is 46.4 cm³/mol. The second-order valence-electron chi connectivity index (χ2n) is 2.40. The van der Waals surface area contributed by atoms with Crippen molar-refractivity contribution in [1.82, 2.24) is 4.98 Å². The summed E-state index contributed by atoms with van der Waals surface area (Å²) in [4.78, 5) is 22.2. The molecule has 0 atom stereocenters. The molecule has 0 saturated heterocycles. The monoisotopic (exact) mass is 236 g/mol. The molecule has 16 heavy (non-hydrogen) atoms. The van der Waals surface area contributed by atoms with E-state index in [-0.39, 0.29) is 6.47 Å². The molecule has 0 aliphatic heterocycles. The van der Waals surface area contributed by atoms with E-state index in [4.69, 9.17) is 15.6 Å². The van der Waals surface area contributed by atoms with Gasteiger partial charge in [0.1, 0.15) is 5.69 Å². The van der Waals surface area contributed by atoms with Crippen LogP contribution in [0.2, 0.25) is 0 Å². The number of alkyl halides is 3. The number of carboxylic acid groups (broad SMARTS) is 1. The molecule has 1 rings (SSSR count). The van der Waals surface area contributed by atoms with Crippen molar-refractivity contribution in [2.24, 2.45) is 5.73 Å². The van der Waals surface area contributed by atoms with Gasteiger partial charge in [-0.25, -0.2) is 0 Å². The minimum absolute atomic E-state index is 0.250. The second-order valence-corrected chi connectivity index (χ2v) is 2.40. The number of pyridine rings is 1. The van der Waals surface area contributed by atoms with Gasteiger partial charge in [0, 0.05) is 6.20 Å². The zero-order valence-corrected chi connectivity index (χ0v) is 7.73. The van der Waals surface area contributed by atoms with Gasteiger partial charge < -0.3 is 10.8 Å². The fourth-order valence-corrected chi connectivity index (χ4v) is 0.742. The van der Waals surface area contributed by atoms with E-state index in [0.717, 1.165) is 12.3 Å². The summed E-state index contributed by atoms with van der Waals surface area (Å²) in [6, 6.07) is 1.38. The second kappa shape index (κ2) is 5.69. The van der Waals surface area contributed by atoms with Crippen molar-refractivity contribution in [3.63, 3.8) is 0 Å². The number of nitrogens with zero attached hydrogens (tertiary/aromatic N) is 1. The van der Waals surface area contributed by atoms with E-state index in [9.17, 15) is 18.0 Å². The first-order chi connectivity index (χ1) is 7.32. The van der Waals surface area contributed by atoms with Crippen LogP contribution in [-0.4, -0.2) is 22.5 Å². The summed E-state index contributed by atoms with van der Waals surface area (Å²) in [5.74, 6) is -0.980. The lowest BCUT2D eigenvalue weighted by atomic mass is 10.2. The third kappa shape index (κ3) is 4.40. The van der Waals surface area contributed by atoms with Gasteiger partial charge in [-0.05, 0) is 12.1 Å². The maximum absolute atomic E-state index is 12.1. The molecule has 3 N–H and O–H groups in total. The summed E-state index contributed by atoms with van der Waals surface area (Å²) in [6.07, 6.45) is -3.59. The summed E-state index contributed by atoms with van der Waals surface area (Å²) in [7, 11) is 0. The topological polar surface area (TPSA) is 93.3 Å². The van der Waals surface area contributed by atoms with Crippen molar-refractivity contribution >= 4 is 12.4 Å². The van der Waals surface area contributed by atoms with Crippen LogP contribution < -0.4 is 5.73 Å². The highest BCUT2D eigenvalue weighted by Crippen LogP contribution is 2.28. The fraction of sp³-hybridized carbons (Fsp3) is 0.125. The van der Waals surface area contributed by atoms with Crippen molar-refractivity contribution in [3.8, 4) is 0 Å². The maximum Gasteiger partial charge on any atom is 0.416 e. The van der Waals surface area contributed by atoms with Crippen molar-refractivity contribution in [3.05, 3.63) is 29.6 Å². The van der Waals surface area contributed by atoms with E-state index in [1.54, 1.807) is 0 Å². The van der Waals surface area contributed by atoms with Crippen molar-refractivity contribution in [2.45, 2.75) is 6.18 Å². The smallest absolute Gasteiger partial charge is 0.416 e. The molecule has 1 amide bonds. The maximum atomic E-state index is 12.1. The molecule has 0 saturated carbocycles. The van der Waals surface area contributed by atoms with Crippen LogP contribution in [0.1, 0.15) is 16.1 Å². The molecular formula is C8H7F3N2O3. The van der Waals surface area contributed by atoms with E-state index < -0.39 is 23.3 Å². The number of hydrogen-bond donors (Lipinski definition) is 2. The molecule has 0 aliphatic carbocycles. The molecule has 88 valence electrons. The van der Waals surface area contributed by atoms with Crippen molar-refractivity contribution in [1.29, 1.82) is 0 Å². The molecule has 0 aromatic carbocycles. The third-order valence-electron chi connectivity index (χ3n) is 1.34. The number of hydrogen-bond acceptors (Lipinski definition) is 3. The number of aromatic nitrogens is 1. The standard InChI is InChI=1S/C7H5F3N2O.CH2O2/c8-7(9,10)4-1-2-12-5(3-4)6(11)13;2-1-3/h1-3H,(H2,11,13);1H,(H,2,3). The Morgan fingerprint density at radius 2 is 2.00 bits per heavy atom. The van der Waals surface area contributed by atoms with Crippen molar-refractivity contribution in [2.75, 3.05) is 0 Å². The van der Waals surface area contributed by atoms with Crippen LogP contribution in [0.25, 0.3) is 0 Å². The Morgan fingerprint density at radius 3 is 2.38 bits per heavy atom. The van der Waals surface area contributed by atoms with Crippen LogP contribution in [0.5, 0.6) is 0 Å².